The van der Waals surface area contributed by atoms with E-state index in [0.29, 0.717) is 17.7 Å². The molecule has 0 radical (unpaired) electrons. The van der Waals surface area contributed by atoms with Gasteiger partial charge in [-0.25, -0.2) is 0 Å². The number of benzene rings is 1. The molecule has 134 valence electrons. The number of carbonyl (C=O) groups is 1. The molecule has 0 bridgehead atoms. The predicted octanol–water partition coefficient (Wildman–Crippen LogP) is 5.21. The number of likely N-dealkylation sites (N-methyl/N-ethyl adjacent to an activating group) is 1. The summed E-state index contributed by atoms with van der Waals surface area (Å²) < 4.78 is 0. The molecule has 0 aliphatic heterocycles. The van der Waals surface area contributed by atoms with Crippen LogP contribution in [-0.4, -0.2) is 29.8 Å². The van der Waals surface area contributed by atoms with Crippen molar-refractivity contribution in [2.24, 2.45) is 17.8 Å². The fourth-order valence-electron chi connectivity index (χ4n) is 2.90. The van der Waals surface area contributed by atoms with Crippen LogP contribution in [0.2, 0.25) is 0 Å². The van der Waals surface area contributed by atoms with Crippen LogP contribution in [0.15, 0.2) is 30.3 Å². The van der Waals surface area contributed by atoms with Gasteiger partial charge in [-0.2, -0.15) is 0 Å². The lowest BCUT2D eigenvalue weighted by Gasteiger charge is -2.37. The quantitative estimate of drug-likeness (QED) is 0.652. The molecule has 2 heteroatoms. The molecule has 1 aromatic rings. The van der Waals surface area contributed by atoms with Gasteiger partial charge >= 0.3 is 0 Å². The number of Topliss-reactive ketones (excluding diaryl/α,β-unsaturated/α-hetero) is 1. The monoisotopic (exact) mass is 329 g/mol. The number of allylic oxidation sites excluding steroid dienone is 1. The van der Waals surface area contributed by atoms with E-state index in [9.17, 15) is 4.79 Å². The first-order valence-electron chi connectivity index (χ1n) is 9.15. The molecule has 2 nitrogen and oxygen atoms in total. The van der Waals surface area contributed by atoms with Crippen LogP contribution in [0.3, 0.4) is 0 Å². The van der Waals surface area contributed by atoms with Crippen molar-refractivity contribution in [2.45, 2.75) is 60.5 Å². The van der Waals surface area contributed by atoms with Crippen molar-refractivity contribution in [2.75, 3.05) is 7.05 Å². The molecule has 0 aliphatic rings. The summed E-state index contributed by atoms with van der Waals surface area (Å²) in [6, 6.07) is 8.85. The van der Waals surface area contributed by atoms with Gasteiger partial charge in [0, 0.05) is 12.0 Å². The molecular formula is C22H35NO. The first-order valence-corrected chi connectivity index (χ1v) is 9.15. The molecule has 1 aromatic carbocycles. The third-order valence-electron chi connectivity index (χ3n) is 5.11. The minimum atomic E-state index is -0.0392. The summed E-state index contributed by atoms with van der Waals surface area (Å²) in [5.41, 5.74) is 2.48. The molecule has 0 spiro atoms. The second-order valence-electron chi connectivity index (χ2n) is 7.75. The third kappa shape index (κ3) is 5.59. The van der Waals surface area contributed by atoms with E-state index in [1.807, 2.05) is 13.8 Å². The van der Waals surface area contributed by atoms with Crippen LogP contribution in [-0.2, 0) is 4.79 Å². The predicted molar refractivity (Wildman–Crippen MR) is 105 cm³/mol. The van der Waals surface area contributed by atoms with E-state index in [-0.39, 0.29) is 17.9 Å². The van der Waals surface area contributed by atoms with Gasteiger partial charge in [0.05, 0.1) is 6.04 Å². The molecule has 0 heterocycles. The molecule has 0 saturated carbocycles. The summed E-state index contributed by atoms with van der Waals surface area (Å²) in [6.07, 6.45) is 4.41. The molecular weight excluding hydrogens is 294 g/mol. The Hall–Kier alpha value is -1.41. The Morgan fingerprint density at radius 1 is 1.00 bits per heavy atom. The van der Waals surface area contributed by atoms with E-state index < -0.39 is 0 Å². The normalized spacial score (nSPS) is 16.1. The molecule has 0 fully saturated rings. The second kappa shape index (κ2) is 9.17. The largest absolute Gasteiger partial charge is 0.298 e. The summed E-state index contributed by atoms with van der Waals surface area (Å²) in [5, 5.41) is 0. The fourth-order valence-corrected chi connectivity index (χ4v) is 2.90. The Bertz CT molecular complexity index is 542. The van der Waals surface area contributed by atoms with Crippen LogP contribution in [0.25, 0.3) is 6.08 Å². The Balaban J connectivity index is 2.93. The molecule has 0 amide bonds. The van der Waals surface area contributed by atoms with Gasteiger partial charge in [0.25, 0.3) is 0 Å². The van der Waals surface area contributed by atoms with E-state index in [2.05, 4.69) is 83.0 Å². The smallest absolute Gasteiger partial charge is 0.152 e. The van der Waals surface area contributed by atoms with Crippen molar-refractivity contribution in [1.29, 1.82) is 0 Å². The average molecular weight is 330 g/mol. The van der Waals surface area contributed by atoms with Gasteiger partial charge in [0.15, 0.2) is 5.78 Å². The van der Waals surface area contributed by atoms with E-state index in [1.54, 1.807) is 0 Å². The Morgan fingerprint density at radius 2 is 1.54 bits per heavy atom. The topological polar surface area (TPSA) is 20.3 Å². The highest BCUT2D eigenvalue weighted by atomic mass is 16.1. The van der Waals surface area contributed by atoms with Crippen molar-refractivity contribution < 1.29 is 4.79 Å². The number of rotatable bonds is 8. The van der Waals surface area contributed by atoms with Crippen LogP contribution < -0.4 is 0 Å². The zero-order valence-corrected chi connectivity index (χ0v) is 16.7. The summed E-state index contributed by atoms with van der Waals surface area (Å²) in [7, 11) is 2.07. The van der Waals surface area contributed by atoms with Gasteiger partial charge in [-0.3, -0.25) is 9.69 Å². The van der Waals surface area contributed by atoms with E-state index in [0.717, 1.165) is 0 Å². The summed E-state index contributed by atoms with van der Waals surface area (Å²) in [5.74, 6) is 1.01. The zero-order valence-electron chi connectivity index (χ0n) is 16.7. The first-order chi connectivity index (χ1) is 11.1. The molecule has 0 unspecified atom stereocenters. The highest BCUT2D eigenvalue weighted by Gasteiger charge is 2.33. The summed E-state index contributed by atoms with van der Waals surface area (Å²) in [6.45, 7) is 14.8. The first kappa shape index (κ1) is 20.6. The number of hydrogen-bond donors (Lipinski definition) is 0. The van der Waals surface area contributed by atoms with Gasteiger partial charge in [0.1, 0.15) is 0 Å². The molecule has 0 aromatic heterocycles. The zero-order chi connectivity index (χ0) is 18.4. The number of ketones is 1. The SMILES string of the molecule is Cc1ccc(/C=C/[C@@H](C)[C@@H](C)[C@@H](C(=O)C(C)C)N(C)C(C)C)cc1. The molecule has 3 atom stereocenters. The molecule has 0 saturated heterocycles. The van der Waals surface area contributed by atoms with Crippen molar-refractivity contribution in [1.82, 2.24) is 4.90 Å². The highest BCUT2D eigenvalue weighted by molar-refractivity contribution is 5.86. The minimum Gasteiger partial charge on any atom is -0.298 e. The lowest BCUT2D eigenvalue weighted by molar-refractivity contribution is -0.129. The second-order valence-corrected chi connectivity index (χ2v) is 7.75. The van der Waals surface area contributed by atoms with Gasteiger partial charge in [0.2, 0.25) is 0 Å². The van der Waals surface area contributed by atoms with E-state index in [4.69, 9.17) is 0 Å². The van der Waals surface area contributed by atoms with Crippen molar-refractivity contribution in [3.05, 3.63) is 41.5 Å². The van der Waals surface area contributed by atoms with Gasteiger partial charge < -0.3 is 0 Å². The summed E-state index contributed by atoms with van der Waals surface area (Å²) >= 11 is 0. The van der Waals surface area contributed by atoms with E-state index >= 15 is 0 Å². The number of hydrogen-bond acceptors (Lipinski definition) is 2. The molecule has 0 N–H and O–H groups in total. The van der Waals surface area contributed by atoms with Crippen LogP contribution in [0, 0.1) is 24.7 Å². The van der Waals surface area contributed by atoms with Crippen LogP contribution >= 0.6 is 0 Å². The molecule has 0 aliphatic carbocycles. The Morgan fingerprint density at radius 3 is 2.00 bits per heavy atom. The van der Waals surface area contributed by atoms with Crippen molar-refractivity contribution in [3.8, 4) is 0 Å². The highest BCUT2D eigenvalue weighted by Crippen LogP contribution is 2.25. The van der Waals surface area contributed by atoms with Crippen molar-refractivity contribution >= 4 is 11.9 Å². The maximum atomic E-state index is 12.8. The standard InChI is InChI=1S/C22H35NO/c1-15(2)22(24)21(23(8)16(3)4)19(7)18(6)11-14-20-12-9-17(5)10-13-20/h9-16,18-19,21H,1-8H3/b14-11+/t18-,19-,21+/m1/s1. The van der Waals surface area contributed by atoms with Crippen LogP contribution in [0.4, 0.5) is 0 Å². The maximum absolute atomic E-state index is 12.8. The number of nitrogens with zero attached hydrogens (tertiary/aromatic N) is 1. The maximum Gasteiger partial charge on any atom is 0.152 e. The lowest BCUT2D eigenvalue weighted by Crippen LogP contribution is -2.49. The van der Waals surface area contributed by atoms with E-state index in [1.165, 1.54) is 11.1 Å². The van der Waals surface area contributed by atoms with Crippen molar-refractivity contribution in [3.63, 3.8) is 0 Å². The van der Waals surface area contributed by atoms with Gasteiger partial charge in [-0.15, -0.1) is 0 Å². The third-order valence-corrected chi connectivity index (χ3v) is 5.11. The number of carbonyl (C=O) groups excluding carboxylic acids is 1. The fraction of sp³-hybridized carbons (Fsp3) is 0.591. The van der Waals surface area contributed by atoms with Crippen LogP contribution in [0.5, 0.6) is 0 Å². The Labute approximate surface area is 149 Å². The van der Waals surface area contributed by atoms with Crippen LogP contribution in [0.1, 0.15) is 52.7 Å². The molecule has 24 heavy (non-hydrogen) atoms. The average Bonchev–Trinajstić information content (AvgIpc) is 2.53. The summed E-state index contributed by atoms with van der Waals surface area (Å²) in [4.78, 5) is 15.0. The Kier molecular flexibility index (Phi) is 7.89. The van der Waals surface area contributed by atoms with Gasteiger partial charge in [-0.05, 0) is 45.2 Å². The lowest BCUT2D eigenvalue weighted by atomic mass is 9.82. The molecule has 1 rings (SSSR count). The number of aryl methyl sites for hydroxylation is 1. The van der Waals surface area contributed by atoms with Gasteiger partial charge in [-0.1, -0.05) is 69.7 Å². The minimum absolute atomic E-state index is 0.0392.